The predicted molar refractivity (Wildman–Crippen MR) is 59.9 cm³/mol. The van der Waals surface area contributed by atoms with Crippen molar-refractivity contribution < 1.29 is 4.74 Å². The van der Waals surface area contributed by atoms with Crippen LogP contribution in [0.5, 0.6) is 5.75 Å². The van der Waals surface area contributed by atoms with Crippen molar-refractivity contribution in [3.8, 4) is 5.75 Å². The highest BCUT2D eigenvalue weighted by atomic mass is 32.1. The monoisotopic (exact) mass is 197 g/mol. The van der Waals surface area contributed by atoms with Crippen molar-refractivity contribution >= 4 is 18.3 Å². The third-order valence-corrected chi connectivity index (χ3v) is 2.24. The van der Waals surface area contributed by atoms with E-state index < -0.39 is 0 Å². The van der Waals surface area contributed by atoms with Gasteiger partial charge in [0.1, 0.15) is 5.75 Å². The number of ether oxygens (including phenoxy) is 1. The van der Waals surface area contributed by atoms with Crippen molar-refractivity contribution in [1.29, 1.82) is 0 Å². The van der Waals surface area contributed by atoms with Gasteiger partial charge in [-0.05, 0) is 37.1 Å². The smallest absolute Gasteiger partial charge is 0.142 e. The van der Waals surface area contributed by atoms with E-state index in [0.29, 0.717) is 5.88 Å². The molecule has 1 aromatic carbocycles. The van der Waals surface area contributed by atoms with Crippen LogP contribution in [0.3, 0.4) is 0 Å². The maximum absolute atomic E-state index is 5.24. The number of aryl methyl sites for hydroxylation is 2. The lowest BCUT2D eigenvalue weighted by Crippen LogP contribution is -1.99. The number of hydrogen-bond donors (Lipinski definition) is 2. The van der Waals surface area contributed by atoms with Gasteiger partial charge < -0.3 is 10.1 Å². The maximum atomic E-state index is 5.24. The molecule has 0 aromatic heterocycles. The van der Waals surface area contributed by atoms with Crippen LogP contribution in [-0.4, -0.2) is 13.0 Å². The summed E-state index contributed by atoms with van der Waals surface area (Å²) in [6.45, 7) is 4.15. The van der Waals surface area contributed by atoms with E-state index in [4.69, 9.17) is 4.74 Å². The van der Waals surface area contributed by atoms with Crippen LogP contribution in [0.25, 0.3) is 0 Å². The van der Waals surface area contributed by atoms with Gasteiger partial charge >= 0.3 is 0 Å². The summed E-state index contributed by atoms with van der Waals surface area (Å²) in [4.78, 5) is 0. The fraction of sp³-hybridized carbons (Fsp3) is 0.400. The first-order valence-corrected chi connectivity index (χ1v) is 4.82. The van der Waals surface area contributed by atoms with Gasteiger partial charge in [-0.2, -0.15) is 12.6 Å². The van der Waals surface area contributed by atoms with Crippen LogP contribution in [0.4, 0.5) is 5.69 Å². The second kappa shape index (κ2) is 4.42. The molecule has 72 valence electrons. The highest BCUT2D eigenvalue weighted by molar-refractivity contribution is 7.80. The molecule has 0 amide bonds. The SMILES string of the molecule is COc1cc(C)c(C)cc1NCS. The molecule has 0 bridgehead atoms. The molecular formula is C10H15NOS. The third-order valence-electron chi connectivity index (χ3n) is 2.09. The number of thiol groups is 1. The molecule has 1 aromatic rings. The Bertz CT molecular complexity index is 299. The molecule has 13 heavy (non-hydrogen) atoms. The number of anilines is 1. The normalized spacial score (nSPS) is 9.85. The number of methoxy groups -OCH3 is 1. The zero-order valence-electron chi connectivity index (χ0n) is 8.22. The van der Waals surface area contributed by atoms with Crippen LogP contribution in [0.1, 0.15) is 11.1 Å². The molecular weight excluding hydrogens is 182 g/mol. The van der Waals surface area contributed by atoms with Gasteiger partial charge in [-0.25, -0.2) is 0 Å². The number of benzene rings is 1. The highest BCUT2D eigenvalue weighted by Crippen LogP contribution is 2.27. The minimum absolute atomic E-state index is 0.610. The molecule has 1 rings (SSSR count). The Morgan fingerprint density at radius 1 is 1.31 bits per heavy atom. The average Bonchev–Trinajstić information content (AvgIpc) is 2.11. The number of hydrogen-bond acceptors (Lipinski definition) is 3. The van der Waals surface area contributed by atoms with Gasteiger partial charge in [-0.1, -0.05) is 0 Å². The molecule has 0 spiro atoms. The van der Waals surface area contributed by atoms with Crippen molar-refractivity contribution in [3.63, 3.8) is 0 Å². The Kier molecular flexibility index (Phi) is 3.48. The van der Waals surface area contributed by atoms with Crippen molar-refractivity contribution in [2.24, 2.45) is 0 Å². The summed E-state index contributed by atoms with van der Waals surface area (Å²) < 4.78 is 5.24. The standard InChI is InChI=1S/C10H15NOS/c1-7-4-9(11-6-13)10(12-3)5-8(7)2/h4-5,11,13H,6H2,1-3H3. The van der Waals surface area contributed by atoms with Crippen LogP contribution >= 0.6 is 12.6 Å². The largest absolute Gasteiger partial charge is 0.495 e. The Labute approximate surface area is 84.7 Å². The molecule has 0 atom stereocenters. The molecule has 1 N–H and O–H groups in total. The molecule has 0 saturated heterocycles. The van der Waals surface area contributed by atoms with E-state index in [0.717, 1.165) is 11.4 Å². The van der Waals surface area contributed by atoms with E-state index >= 15 is 0 Å². The van der Waals surface area contributed by atoms with Gasteiger partial charge in [0.15, 0.2) is 0 Å². The first-order chi connectivity index (χ1) is 6.19. The summed E-state index contributed by atoms with van der Waals surface area (Å²) in [6, 6.07) is 4.10. The predicted octanol–water partition coefficient (Wildman–Crippen LogP) is 2.61. The summed E-state index contributed by atoms with van der Waals surface area (Å²) in [6.07, 6.45) is 0. The molecule has 0 fully saturated rings. The topological polar surface area (TPSA) is 21.3 Å². The van der Waals surface area contributed by atoms with E-state index in [-0.39, 0.29) is 0 Å². The van der Waals surface area contributed by atoms with E-state index in [1.54, 1.807) is 7.11 Å². The number of rotatable bonds is 3. The van der Waals surface area contributed by atoms with Gasteiger partial charge in [-0.15, -0.1) is 0 Å². The van der Waals surface area contributed by atoms with Crippen LogP contribution < -0.4 is 10.1 Å². The molecule has 0 aliphatic rings. The van der Waals surface area contributed by atoms with Crippen LogP contribution in [-0.2, 0) is 0 Å². The van der Waals surface area contributed by atoms with Crippen molar-refractivity contribution in [3.05, 3.63) is 23.3 Å². The highest BCUT2D eigenvalue weighted by Gasteiger charge is 2.03. The fourth-order valence-corrected chi connectivity index (χ4v) is 1.35. The lowest BCUT2D eigenvalue weighted by molar-refractivity contribution is 0.416. The van der Waals surface area contributed by atoms with Crippen LogP contribution in [0.15, 0.2) is 12.1 Å². The van der Waals surface area contributed by atoms with Crippen molar-refractivity contribution in [2.75, 3.05) is 18.3 Å². The van der Waals surface area contributed by atoms with Crippen LogP contribution in [0, 0.1) is 13.8 Å². The van der Waals surface area contributed by atoms with Crippen LogP contribution in [0.2, 0.25) is 0 Å². The van der Waals surface area contributed by atoms with Crippen molar-refractivity contribution in [1.82, 2.24) is 0 Å². The van der Waals surface area contributed by atoms with Gasteiger partial charge in [0, 0.05) is 0 Å². The molecule has 0 aliphatic carbocycles. The Balaban J connectivity index is 3.09. The second-order valence-electron chi connectivity index (χ2n) is 2.97. The van der Waals surface area contributed by atoms with E-state index in [1.165, 1.54) is 11.1 Å². The minimum atomic E-state index is 0.610. The molecule has 0 saturated carbocycles. The summed E-state index contributed by atoms with van der Waals surface area (Å²) >= 11 is 4.11. The lowest BCUT2D eigenvalue weighted by atomic mass is 10.1. The number of nitrogens with one attached hydrogen (secondary N) is 1. The first-order valence-electron chi connectivity index (χ1n) is 4.19. The molecule has 0 heterocycles. The lowest BCUT2D eigenvalue weighted by Gasteiger charge is -2.11. The quantitative estimate of drug-likeness (QED) is 0.574. The van der Waals surface area contributed by atoms with Gasteiger partial charge in [0.2, 0.25) is 0 Å². The third kappa shape index (κ3) is 2.31. The summed E-state index contributed by atoms with van der Waals surface area (Å²) in [5.41, 5.74) is 3.49. The van der Waals surface area contributed by atoms with Gasteiger partial charge in [0.05, 0.1) is 18.7 Å². The Morgan fingerprint density at radius 3 is 2.46 bits per heavy atom. The Hall–Kier alpha value is -0.830. The molecule has 0 unspecified atom stereocenters. The Morgan fingerprint density at radius 2 is 1.92 bits per heavy atom. The summed E-state index contributed by atoms with van der Waals surface area (Å²) in [5, 5.41) is 3.13. The molecule has 3 heteroatoms. The van der Waals surface area contributed by atoms with Crippen molar-refractivity contribution in [2.45, 2.75) is 13.8 Å². The maximum Gasteiger partial charge on any atom is 0.142 e. The summed E-state index contributed by atoms with van der Waals surface area (Å²) in [5.74, 6) is 1.48. The zero-order chi connectivity index (χ0) is 9.84. The average molecular weight is 197 g/mol. The summed E-state index contributed by atoms with van der Waals surface area (Å²) in [7, 11) is 1.67. The first kappa shape index (κ1) is 10.3. The second-order valence-corrected chi connectivity index (χ2v) is 3.29. The fourth-order valence-electron chi connectivity index (χ4n) is 1.18. The van der Waals surface area contributed by atoms with E-state index in [2.05, 4.69) is 37.9 Å². The molecule has 0 aliphatic heterocycles. The zero-order valence-corrected chi connectivity index (χ0v) is 9.11. The van der Waals surface area contributed by atoms with Gasteiger partial charge in [0.25, 0.3) is 0 Å². The van der Waals surface area contributed by atoms with E-state index in [9.17, 15) is 0 Å². The molecule has 2 nitrogen and oxygen atoms in total. The van der Waals surface area contributed by atoms with E-state index in [1.807, 2.05) is 6.07 Å². The van der Waals surface area contributed by atoms with Gasteiger partial charge in [-0.3, -0.25) is 0 Å². The molecule has 0 radical (unpaired) electrons. The minimum Gasteiger partial charge on any atom is -0.495 e.